The third-order valence-electron chi connectivity index (χ3n) is 16.1. The molecule has 0 aromatic carbocycles. The minimum atomic E-state index is -1.60. The van der Waals surface area contributed by atoms with Gasteiger partial charge in [0.1, 0.15) is 66.7 Å². The standard InChI is InChI=1S/C49H91N7O14/c1-14-26(47(11,17-4)69-39-30(24-59)66-41(45(7,8)15-2)32(35(39)62)54-25(6)60)37-31(55-43(64)27(50)20-19-21-53-44(51)52)34(61)40(28(22-57)65-37)70-48(12,18-5)49(13)42-33(56-49)36(63)38(29(23-58)67-42)68-46(9,10)16-3/h27-36,38-42,56-59,61-63H,14-24,50H2,1-13H3,(H,54,60)(H,55,64)(H4,51,52,53)/b37-26+/t27-,28?,29?,30?,31?,32?,33?,34?,35?,36?,38?,39?,40?,41?,42?,47?,48?,49?/m0/s1. The van der Waals surface area contributed by atoms with Gasteiger partial charge in [0, 0.05) is 19.0 Å². The molecule has 0 bridgehead atoms. The second-order valence-corrected chi connectivity index (χ2v) is 21.6. The van der Waals surface area contributed by atoms with Gasteiger partial charge in [0.25, 0.3) is 0 Å². The molecule has 70 heavy (non-hydrogen) atoms. The number of rotatable bonds is 24. The van der Waals surface area contributed by atoms with Gasteiger partial charge in [-0.3, -0.25) is 20.3 Å². The van der Waals surface area contributed by atoms with E-state index in [-0.39, 0.29) is 37.5 Å². The quantitative estimate of drug-likeness (QED) is 0.0346. The molecule has 0 aromatic heterocycles. The van der Waals surface area contributed by atoms with Gasteiger partial charge in [-0.2, -0.15) is 0 Å². The molecule has 2 amide bonds. The molecule has 0 radical (unpaired) electrons. The fourth-order valence-corrected chi connectivity index (χ4v) is 10.5. The molecule has 4 saturated heterocycles. The Hall–Kier alpha value is -2.77. The Bertz CT molecular complexity index is 1790. The number of nitrogens with two attached hydrogens (primary N) is 2. The average molecular weight is 1000 g/mol. The van der Waals surface area contributed by atoms with Crippen LogP contribution in [0.4, 0.5) is 0 Å². The number of fused-ring (bicyclic) bond motifs is 1. The van der Waals surface area contributed by atoms with Gasteiger partial charge in [-0.25, -0.2) is 0 Å². The highest BCUT2D eigenvalue weighted by atomic mass is 16.6. The summed E-state index contributed by atoms with van der Waals surface area (Å²) in [5.41, 5.74) is 7.58. The maximum absolute atomic E-state index is 14.1. The van der Waals surface area contributed by atoms with E-state index in [0.717, 1.165) is 0 Å². The summed E-state index contributed by atoms with van der Waals surface area (Å²) >= 11 is 0. The van der Waals surface area contributed by atoms with Crippen molar-refractivity contribution in [2.45, 2.75) is 249 Å². The second kappa shape index (κ2) is 24.1. The predicted octanol–water partition coefficient (Wildman–Crippen LogP) is 0.0721. The lowest BCUT2D eigenvalue weighted by Crippen LogP contribution is -2.88. The Kier molecular flexibility index (Phi) is 20.5. The third kappa shape index (κ3) is 12.4. The summed E-state index contributed by atoms with van der Waals surface area (Å²) in [7, 11) is 0. The number of hydrogen-bond donors (Lipinski definition) is 13. The van der Waals surface area contributed by atoms with Crippen LogP contribution in [-0.2, 0) is 38.0 Å². The molecule has 21 nitrogen and oxygen atoms in total. The van der Waals surface area contributed by atoms with Gasteiger partial charge in [0.15, 0.2) is 5.96 Å². The zero-order chi connectivity index (χ0) is 52.9. The molecule has 4 rings (SSSR count). The zero-order valence-corrected chi connectivity index (χ0v) is 44.0. The first-order chi connectivity index (χ1) is 32.6. The van der Waals surface area contributed by atoms with E-state index in [1.54, 1.807) is 6.92 Å². The van der Waals surface area contributed by atoms with Gasteiger partial charge in [0.2, 0.25) is 11.8 Å². The van der Waals surface area contributed by atoms with E-state index in [0.29, 0.717) is 31.3 Å². The Morgan fingerprint density at radius 2 is 1.40 bits per heavy atom. The number of amides is 2. The lowest BCUT2D eigenvalue weighted by Gasteiger charge is -2.66. The van der Waals surface area contributed by atoms with Crippen molar-refractivity contribution in [1.82, 2.24) is 21.3 Å². The van der Waals surface area contributed by atoms with Crippen LogP contribution in [0.15, 0.2) is 11.3 Å². The normalized spacial score (nSPS) is 36.5. The number of guanidine groups is 1. The van der Waals surface area contributed by atoms with E-state index < -0.39 is 151 Å². The topological polar surface area (TPSA) is 335 Å². The van der Waals surface area contributed by atoms with Crippen molar-refractivity contribution in [1.29, 1.82) is 5.41 Å². The Morgan fingerprint density at radius 1 is 0.814 bits per heavy atom. The first-order valence-corrected chi connectivity index (χ1v) is 25.4. The van der Waals surface area contributed by atoms with E-state index in [4.69, 9.17) is 45.3 Å². The maximum Gasteiger partial charge on any atom is 0.237 e. The van der Waals surface area contributed by atoms with Crippen LogP contribution in [-0.4, -0.2) is 188 Å². The van der Waals surface area contributed by atoms with Gasteiger partial charge < -0.3 is 86.5 Å². The monoisotopic (exact) mass is 1000 g/mol. The Balaban J connectivity index is 1.79. The van der Waals surface area contributed by atoms with Crippen molar-refractivity contribution in [3.63, 3.8) is 0 Å². The molecule has 0 aliphatic carbocycles. The lowest BCUT2D eigenvalue weighted by molar-refractivity contribution is -0.316. The van der Waals surface area contributed by atoms with Crippen LogP contribution in [0.5, 0.6) is 0 Å². The molecule has 21 heteroatoms. The smallest absolute Gasteiger partial charge is 0.237 e. The van der Waals surface area contributed by atoms with Crippen molar-refractivity contribution >= 4 is 17.8 Å². The van der Waals surface area contributed by atoms with Gasteiger partial charge in [0.05, 0.1) is 72.5 Å². The SMILES string of the molecule is CC/C(=C1\OC(CO)C(OC(C)(CC)C2(C)NC3C(O)C(OC(C)(C)CC)C(CO)OC32)C(O)C1NC(=O)[C@@H](N)CCCNC(=N)N)C(C)(CC)OC1C(CO)OC(C(C)(C)CC)C(NC(C)=O)C1O. The van der Waals surface area contributed by atoms with Gasteiger partial charge in [-0.1, -0.05) is 48.5 Å². The average Bonchev–Trinajstić information content (AvgIpc) is 3.31. The van der Waals surface area contributed by atoms with Crippen LogP contribution in [0, 0.1) is 10.8 Å². The first kappa shape index (κ1) is 59.8. The van der Waals surface area contributed by atoms with E-state index in [2.05, 4.69) is 21.3 Å². The number of carbonyl (C=O) groups excluding carboxylic acids is 2. The molecule has 18 atom stereocenters. The van der Waals surface area contributed by atoms with Crippen LogP contribution in [0.25, 0.3) is 0 Å². The number of aliphatic hydroxyl groups is 6. The van der Waals surface area contributed by atoms with Gasteiger partial charge in [-0.15, -0.1) is 0 Å². The van der Waals surface area contributed by atoms with E-state index in [9.17, 15) is 40.2 Å². The zero-order valence-electron chi connectivity index (χ0n) is 44.0. The van der Waals surface area contributed by atoms with Gasteiger partial charge >= 0.3 is 0 Å². The first-order valence-electron chi connectivity index (χ1n) is 25.4. The van der Waals surface area contributed by atoms with Crippen molar-refractivity contribution < 1.29 is 68.6 Å². The largest absolute Gasteiger partial charge is 0.487 e. The van der Waals surface area contributed by atoms with Crippen LogP contribution >= 0.6 is 0 Å². The molecule has 406 valence electrons. The fraction of sp³-hybridized carbons (Fsp3) is 0.898. The summed E-state index contributed by atoms with van der Waals surface area (Å²) in [5.74, 6) is -1.18. The molecule has 0 aromatic rings. The van der Waals surface area contributed by atoms with Crippen molar-refractivity contribution in [3.8, 4) is 0 Å². The third-order valence-corrected chi connectivity index (χ3v) is 16.1. The van der Waals surface area contributed by atoms with E-state index in [1.807, 2.05) is 76.2 Å². The van der Waals surface area contributed by atoms with Crippen molar-refractivity contribution in [2.75, 3.05) is 26.4 Å². The van der Waals surface area contributed by atoms with Crippen LogP contribution in [0.3, 0.4) is 0 Å². The van der Waals surface area contributed by atoms with Gasteiger partial charge in [-0.05, 0) is 85.0 Å². The summed E-state index contributed by atoms with van der Waals surface area (Å²) in [6.45, 7) is 22.7. The molecular formula is C49H91N7O14. The molecule has 0 spiro atoms. The lowest BCUT2D eigenvalue weighted by atomic mass is 9.64. The maximum atomic E-state index is 14.1. The molecular weight excluding hydrogens is 911 g/mol. The fourth-order valence-electron chi connectivity index (χ4n) is 10.5. The molecule has 4 heterocycles. The molecule has 4 aliphatic rings. The van der Waals surface area contributed by atoms with E-state index >= 15 is 0 Å². The van der Waals surface area contributed by atoms with Crippen LogP contribution in [0.2, 0.25) is 0 Å². The number of hydrogen-bond acceptors (Lipinski definition) is 17. The highest BCUT2D eigenvalue weighted by molar-refractivity contribution is 5.82. The predicted molar refractivity (Wildman–Crippen MR) is 261 cm³/mol. The summed E-state index contributed by atoms with van der Waals surface area (Å²) in [6, 6.07) is -3.96. The van der Waals surface area contributed by atoms with E-state index in [1.165, 1.54) is 6.92 Å². The molecule has 17 unspecified atom stereocenters. The summed E-state index contributed by atoms with van der Waals surface area (Å²) in [6.07, 6.45) is -9.26. The highest BCUT2D eigenvalue weighted by Crippen LogP contribution is 2.49. The minimum Gasteiger partial charge on any atom is -0.487 e. The number of nitrogens with one attached hydrogen (secondary N) is 5. The van der Waals surface area contributed by atoms with Crippen molar-refractivity contribution in [3.05, 3.63) is 11.3 Å². The molecule has 15 N–H and O–H groups in total. The number of aliphatic hydroxyl groups excluding tert-OH is 6. The second-order valence-electron chi connectivity index (χ2n) is 21.6. The summed E-state index contributed by atoms with van der Waals surface area (Å²) in [5, 5.41) is 88.4. The molecule has 4 fully saturated rings. The van der Waals surface area contributed by atoms with Crippen LogP contribution in [0.1, 0.15) is 135 Å². The van der Waals surface area contributed by atoms with Crippen molar-refractivity contribution in [2.24, 2.45) is 16.9 Å². The molecule has 4 aliphatic heterocycles. The highest BCUT2D eigenvalue weighted by Gasteiger charge is 2.68. The Labute approximate surface area is 415 Å². The number of carbonyl (C=O) groups is 2. The summed E-state index contributed by atoms with van der Waals surface area (Å²) in [4.78, 5) is 26.7. The summed E-state index contributed by atoms with van der Waals surface area (Å²) < 4.78 is 40.0. The molecule has 0 saturated carbocycles. The minimum absolute atomic E-state index is 0.0732. The number of ether oxygens (including phenoxy) is 6. The van der Waals surface area contributed by atoms with Crippen LogP contribution < -0.4 is 32.7 Å². The Morgan fingerprint density at radius 3 is 1.91 bits per heavy atom.